The number of fused-ring (bicyclic) bond motifs is 1. The number of rotatable bonds is 2. The van der Waals surface area contributed by atoms with E-state index in [9.17, 15) is 5.11 Å². The Morgan fingerprint density at radius 3 is 2.42 bits per heavy atom. The van der Waals surface area contributed by atoms with Gasteiger partial charge in [0, 0.05) is 12.5 Å². The van der Waals surface area contributed by atoms with E-state index in [1.54, 1.807) is 0 Å². The van der Waals surface area contributed by atoms with Crippen LogP contribution in [0, 0.1) is 6.92 Å². The molecule has 4 rings (SSSR count). The molecule has 2 heteroatoms. The number of likely N-dealkylation sites (tertiary alicyclic amines) is 1. The molecule has 0 spiro atoms. The highest BCUT2D eigenvalue weighted by molar-refractivity contribution is 5.38. The highest BCUT2D eigenvalue weighted by Crippen LogP contribution is 2.33. The Kier molecular flexibility index (Phi) is 4.43. The summed E-state index contributed by atoms with van der Waals surface area (Å²) in [6.45, 7) is 4.40. The number of hydrogen-bond donors (Lipinski definition) is 1. The minimum Gasteiger partial charge on any atom is -0.391 e. The summed E-state index contributed by atoms with van der Waals surface area (Å²) in [5.41, 5.74) is 5.67. The lowest BCUT2D eigenvalue weighted by Gasteiger charge is -2.42. The summed E-state index contributed by atoms with van der Waals surface area (Å²) in [4.78, 5) is 2.54. The lowest BCUT2D eigenvalue weighted by Crippen LogP contribution is -2.51. The molecule has 2 nitrogen and oxygen atoms in total. The van der Waals surface area contributed by atoms with Crippen molar-refractivity contribution in [2.75, 3.05) is 13.1 Å². The standard InChI is InChI=1S/C22H27NO/c1-16-6-5-9-19-14-22(24)21(15-20(16)19)23-12-10-18(11-13-23)17-7-3-2-4-8-17/h2-9,18,21-22,24H,10-15H2,1H3. The molecule has 1 saturated heterocycles. The van der Waals surface area contributed by atoms with Gasteiger partial charge >= 0.3 is 0 Å². The Balaban J connectivity index is 1.45. The molecule has 0 aromatic heterocycles. The second kappa shape index (κ2) is 6.70. The van der Waals surface area contributed by atoms with Crippen LogP contribution in [0.4, 0.5) is 0 Å². The summed E-state index contributed by atoms with van der Waals surface area (Å²) < 4.78 is 0. The Morgan fingerprint density at radius 2 is 1.67 bits per heavy atom. The quantitative estimate of drug-likeness (QED) is 0.911. The summed E-state index contributed by atoms with van der Waals surface area (Å²) >= 11 is 0. The zero-order valence-corrected chi connectivity index (χ0v) is 14.5. The Bertz CT molecular complexity index is 688. The normalized spacial score (nSPS) is 25.4. The van der Waals surface area contributed by atoms with Crippen molar-refractivity contribution in [3.05, 3.63) is 70.8 Å². The van der Waals surface area contributed by atoms with E-state index >= 15 is 0 Å². The largest absolute Gasteiger partial charge is 0.391 e. The molecule has 126 valence electrons. The molecule has 1 aliphatic carbocycles. The zero-order valence-electron chi connectivity index (χ0n) is 14.5. The predicted octanol–water partition coefficient (Wildman–Crippen LogP) is 3.70. The molecule has 2 aromatic carbocycles. The lowest BCUT2D eigenvalue weighted by atomic mass is 9.81. The molecule has 1 fully saturated rings. The average molecular weight is 321 g/mol. The molecule has 2 unspecified atom stereocenters. The van der Waals surface area contributed by atoms with Crippen LogP contribution in [0.2, 0.25) is 0 Å². The number of nitrogens with zero attached hydrogens (tertiary/aromatic N) is 1. The third-order valence-electron chi connectivity index (χ3n) is 6.06. The van der Waals surface area contributed by atoms with Gasteiger partial charge in [0.2, 0.25) is 0 Å². The van der Waals surface area contributed by atoms with Crippen molar-refractivity contribution in [1.82, 2.24) is 4.90 Å². The van der Waals surface area contributed by atoms with Crippen molar-refractivity contribution >= 4 is 0 Å². The summed E-state index contributed by atoms with van der Waals surface area (Å²) in [6.07, 6.45) is 3.98. The van der Waals surface area contributed by atoms with Crippen LogP contribution in [0.1, 0.15) is 41.0 Å². The molecule has 1 heterocycles. The predicted molar refractivity (Wildman–Crippen MR) is 98.4 cm³/mol. The van der Waals surface area contributed by atoms with E-state index in [0.29, 0.717) is 5.92 Å². The topological polar surface area (TPSA) is 23.5 Å². The maximum atomic E-state index is 10.7. The van der Waals surface area contributed by atoms with Crippen LogP contribution in [-0.2, 0) is 12.8 Å². The fourth-order valence-electron chi connectivity index (χ4n) is 4.61. The third kappa shape index (κ3) is 3.01. The van der Waals surface area contributed by atoms with Crippen molar-refractivity contribution in [3.63, 3.8) is 0 Å². The van der Waals surface area contributed by atoms with E-state index in [0.717, 1.165) is 25.9 Å². The van der Waals surface area contributed by atoms with Gasteiger partial charge in [-0.05, 0) is 67.4 Å². The second-order valence-electron chi connectivity index (χ2n) is 7.48. The average Bonchev–Trinajstić information content (AvgIpc) is 2.62. The number of aryl methyl sites for hydroxylation is 1. The molecule has 2 aliphatic rings. The number of hydrogen-bond acceptors (Lipinski definition) is 2. The molecular weight excluding hydrogens is 294 g/mol. The van der Waals surface area contributed by atoms with Gasteiger partial charge in [0.25, 0.3) is 0 Å². The first-order valence-electron chi connectivity index (χ1n) is 9.27. The number of aliphatic hydroxyl groups excluding tert-OH is 1. The molecule has 1 aliphatic heterocycles. The van der Waals surface area contributed by atoms with Gasteiger partial charge in [-0.15, -0.1) is 0 Å². The Morgan fingerprint density at radius 1 is 0.917 bits per heavy atom. The molecule has 1 N–H and O–H groups in total. The van der Waals surface area contributed by atoms with Gasteiger partial charge in [0.1, 0.15) is 0 Å². The summed E-state index contributed by atoms with van der Waals surface area (Å²) in [7, 11) is 0. The summed E-state index contributed by atoms with van der Waals surface area (Å²) in [6, 6.07) is 17.7. The van der Waals surface area contributed by atoms with Crippen molar-refractivity contribution < 1.29 is 5.11 Å². The van der Waals surface area contributed by atoms with Gasteiger partial charge in [0.15, 0.2) is 0 Å². The number of aliphatic hydroxyl groups is 1. The Labute approximate surface area is 145 Å². The van der Waals surface area contributed by atoms with Gasteiger partial charge in [0.05, 0.1) is 6.10 Å². The highest BCUT2D eigenvalue weighted by atomic mass is 16.3. The molecular formula is C22H27NO. The van der Waals surface area contributed by atoms with Gasteiger partial charge < -0.3 is 5.11 Å². The van der Waals surface area contributed by atoms with E-state index < -0.39 is 0 Å². The zero-order chi connectivity index (χ0) is 16.5. The fraction of sp³-hybridized carbons (Fsp3) is 0.455. The molecule has 0 amide bonds. The Hall–Kier alpha value is -1.64. The number of piperidine rings is 1. The lowest BCUT2D eigenvalue weighted by molar-refractivity contribution is 0.0293. The smallest absolute Gasteiger partial charge is 0.0738 e. The van der Waals surface area contributed by atoms with Crippen LogP contribution in [0.5, 0.6) is 0 Å². The van der Waals surface area contributed by atoms with Crippen LogP contribution in [0.25, 0.3) is 0 Å². The van der Waals surface area contributed by atoms with Crippen LogP contribution >= 0.6 is 0 Å². The second-order valence-corrected chi connectivity index (χ2v) is 7.48. The van der Waals surface area contributed by atoms with E-state index in [1.165, 1.54) is 35.1 Å². The van der Waals surface area contributed by atoms with Crippen LogP contribution < -0.4 is 0 Å². The first-order chi connectivity index (χ1) is 11.7. The summed E-state index contributed by atoms with van der Waals surface area (Å²) in [5.74, 6) is 0.678. The van der Waals surface area contributed by atoms with Crippen LogP contribution in [0.3, 0.4) is 0 Å². The first-order valence-corrected chi connectivity index (χ1v) is 9.27. The monoisotopic (exact) mass is 321 g/mol. The van der Waals surface area contributed by atoms with Crippen molar-refractivity contribution in [2.45, 2.75) is 50.7 Å². The van der Waals surface area contributed by atoms with E-state index in [4.69, 9.17) is 0 Å². The van der Waals surface area contributed by atoms with E-state index in [-0.39, 0.29) is 12.1 Å². The molecule has 24 heavy (non-hydrogen) atoms. The minimum absolute atomic E-state index is 0.229. The molecule has 0 radical (unpaired) electrons. The van der Waals surface area contributed by atoms with Crippen molar-refractivity contribution in [1.29, 1.82) is 0 Å². The maximum absolute atomic E-state index is 10.7. The number of benzene rings is 2. The minimum atomic E-state index is -0.229. The highest BCUT2D eigenvalue weighted by Gasteiger charge is 2.34. The fourth-order valence-corrected chi connectivity index (χ4v) is 4.61. The SMILES string of the molecule is Cc1cccc2c1CC(N1CCC(c3ccccc3)CC1)C(O)C2. The first kappa shape index (κ1) is 15.9. The molecule has 0 bridgehead atoms. The van der Waals surface area contributed by atoms with E-state index in [2.05, 4.69) is 60.4 Å². The third-order valence-corrected chi connectivity index (χ3v) is 6.06. The van der Waals surface area contributed by atoms with Gasteiger partial charge in [-0.2, -0.15) is 0 Å². The molecule has 2 aromatic rings. The van der Waals surface area contributed by atoms with E-state index in [1.807, 2.05) is 0 Å². The maximum Gasteiger partial charge on any atom is 0.0738 e. The van der Waals surface area contributed by atoms with Crippen LogP contribution in [0.15, 0.2) is 48.5 Å². The van der Waals surface area contributed by atoms with Gasteiger partial charge in [-0.25, -0.2) is 0 Å². The van der Waals surface area contributed by atoms with Crippen LogP contribution in [-0.4, -0.2) is 35.2 Å². The molecule has 0 saturated carbocycles. The van der Waals surface area contributed by atoms with Gasteiger partial charge in [-0.3, -0.25) is 4.90 Å². The van der Waals surface area contributed by atoms with Crippen molar-refractivity contribution in [3.8, 4) is 0 Å². The summed E-state index contributed by atoms with van der Waals surface area (Å²) in [5, 5.41) is 10.7. The molecule has 2 atom stereocenters. The van der Waals surface area contributed by atoms with Crippen molar-refractivity contribution in [2.24, 2.45) is 0 Å². The van der Waals surface area contributed by atoms with Gasteiger partial charge in [-0.1, -0.05) is 48.5 Å².